The SMILES string of the molecule is Fc1cc(F)c2ccc(Cl)nc2c1F. The number of halogens is 4. The number of hydrogen-bond donors (Lipinski definition) is 0. The van der Waals surface area contributed by atoms with Gasteiger partial charge in [-0.15, -0.1) is 0 Å². The zero-order chi connectivity index (χ0) is 10.3. The van der Waals surface area contributed by atoms with Crippen molar-refractivity contribution in [3.8, 4) is 0 Å². The molecule has 0 radical (unpaired) electrons. The van der Waals surface area contributed by atoms with Crippen molar-refractivity contribution < 1.29 is 13.2 Å². The summed E-state index contributed by atoms with van der Waals surface area (Å²) in [6.07, 6.45) is 0. The number of fused-ring (bicyclic) bond motifs is 1. The molecule has 72 valence electrons. The quantitative estimate of drug-likeness (QED) is 0.487. The Morgan fingerprint density at radius 2 is 1.79 bits per heavy atom. The van der Waals surface area contributed by atoms with Crippen molar-refractivity contribution in [2.45, 2.75) is 0 Å². The van der Waals surface area contributed by atoms with E-state index in [1.54, 1.807) is 0 Å². The average molecular weight is 218 g/mol. The van der Waals surface area contributed by atoms with E-state index in [0.29, 0.717) is 6.07 Å². The van der Waals surface area contributed by atoms with Crippen LogP contribution < -0.4 is 0 Å². The molecule has 1 nitrogen and oxygen atoms in total. The maximum atomic E-state index is 13.1. The minimum absolute atomic E-state index is 0.0126. The Kier molecular flexibility index (Phi) is 2.07. The van der Waals surface area contributed by atoms with E-state index in [-0.39, 0.29) is 10.5 Å². The normalized spacial score (nSPS) is 10.9. The van der Waals surface area contributed by atoms with Crippen LogP contribution in [0.15, 0.2) is 18.2 Å². The minimum Gasteiger partial charge on any atom is -0.233 e. The molecule has 1 heterocycles. The van der Waals surface area contributed by atoms with Gasteiger partial charge in [0.25, 0.3) is 0 Å². The maximum Gasteiger partial charge on any atom is 0.185 e. The first-order valence-corrected chi connectivity index (χ1v) is 4.07. The molecule has 1 aromatic heterocycles. The van der Waals surface area contributed by atoms with Crippen LogP contribution in [0.4, 0.5) is 13.2 Å². The average Bonchev–Trinajstić information content (AvgIpc) is 2.14. The second-order valence-electron chi connectivity index (χ2n) is 2.68. The summed E-state index contributed by atoms with van der Waals surface area (Å²) in [5.41, 5.74) is -0.394. The molecule has 14 heavy (non-hydrogen) atoms. The van der Waals surface area contributed by atoms with Crippen molar-refractivity contribution in [2.24, 2.45) is 0 Å². The first kappa shape index (κ1) is 9.27. The smallest absolute Gasteiger partial charge is 0.185 e. The van der Waals surface area contributed by atoms with Gasteiger partial charge in [-0.3, -0.25) is 0 Å². The highest BCUT2D eigenvalue weighted by Crippen LogP contribution is 2.23. The molecular formula is C9H3ClF3N. The fourth-order valence-corrected chi connectivity index (χ4v) is 1.31. The molecule has 0 N–H and O–H groups in total. The van der Waals surface area contributed by atoms with Gasteiger partial charge in [0.2, 0.25) is 0 Å². The van der Waals surface area contributed by atoms with Crippen LogP contribution in [0.2, 0.25) is 5.15 Å². The van der Waals surface area contributed by atoms with Crippen LogP contribution in [0.5, 0.6) is 0 Å². The standard InChI is InChI=1S/C9H3ClF3N/c10-7-2-1-4-5(11)3-6(12)8(13)9(4)14-7/h1-3H. The summed E-state index contributed by atoms with van der Waals surface area (Å²) in [7, 11) is 0. The fraction of sp³-hybridized carbons (Fsp3) is 0. The molecule has 0 aliphatic carbocycles. The van der Waals surface area contributed by atoms with E-state index >= 15 is 0 Å². The van der Waals surface area contributed by atoms with Gasteiger partial charge in [-0.25, -0.2) is 18.2 Å². The van der Waals surface area contributed by atoms with Gasteiger partial charge < -0.3 is 0 Å². The monoisotopic (exact) mass is 217 g/mol. The summed E-state index contributed by atoms with van der Waals surface area (Å²) in [6.45, 7) is 0. The molecule has 5 heteroatoms. The Hall–Kier alpha value is -1.29. The maximum absolute atomic E-state index is 13.1. The van der Waals surface area contributed by atoms with Crippen LogP contribution in [-0.4, -0.2) is 4.98 Å². The highest BCUT2D eigenvalue weighted by molar-refractivity contribution is 6.29. The topological polar surface area (TPSA) is 12.9 Å². The predicted octanol–water partition coefficient (Wildman–Crippen LogP) is 3.31. The van der Waals surface area contributed by atoms with E-state index < -0.39 is 23.0 Å². The predicted molar refractivity (Wildman–Crippen MR) is 46.6 cm³/mol. The Balaban J connectivity index is 2.95. The minimum atomic E-state index is -1.27. The first-order valence-electron chi connectivity index (χ1n) is 3.69. The largest absolute Gasteiger partial charge is 0.233 e. The zero-order valence-corrected chi connectivity index (χ0v) is 7.45. The molecule has 0 atom stereocenters. The summed E-state index contributed by atoms with van der Waals surface area (Å²) in [5.74, 6) is -3.32. The van der Waals surface area contributed by atoms with Gasteiger partial charge >= 0.3 is 0 Å². The Morgan fingerprint density at radius 3 is 2.50 bits per heavy atom. The molecule has 1 aromatic carbocycles. The third kappa shape index (κ3) is 1.32. The Morgan fingerprint density at radius 1 is 1.07 bits per heavy atom. The lowest BCUT2D eigenvalue weighted by Crippen LogP contribution is -1.93. The lowest BCUT2D eigenvalue weighted by atomic mass is 10.2. The fourth-order valence-electron chi connectivity index (χ4n) is 1.16. The van der Waals surface area contributed by atoms with Gasteiger partial charge in [0.15, 0.2) is 11.6 Å². The van der Waals surface area contributed by atoms with E-state index in [4.69, 9.17) is 11.6 Å². The Bertz CT molecular complexity index is 513. The van der Waals surface area contributed by atoms with Gasteiger partial charge in [-0.2, -0.15) is 0 Å². The summed E-state index contributed by atoms with van der Waals surface area (Å²) in [5, 5.41) is -0.102. The Labute approximate surface area is 82.1 Å². The van der Waals surface area contributed by atoms with Crippen molar-refractivity contribution in [3.05, 3.63) is 40.8 Å². The van der Waals surface area contributed by atoms with Crippen LogP contribution in [0.25, 0.3) is 10.9 Å². The third-order valence-corrected chi connectivity index (χ3v) is 2.00. The van der Waals surface area contributed by atoms with Crippen molar-refractivity contribution in [3.63, 3.8) is 0 Å². The lowest BCUT2D eigenvalue weighted by molar-refractivity contribution is 0.504. The second-order valence-corrected chi connectivity index (χ2v) is 3.07. The number of rotatable bonds is 0. The zero-order valence-electron chi connectivity index (χ0n) is 6.69. The molecule has 0 spiro atoms. The van der Waals surface area contributed by atoms with Crippen molar-refractivity contribution in [1.82, 2.24) is 4.98 Å². The van der Waals surface area contributed by atoms with Crippen LogP contribution >= 0.6 is 11.6 Å². The van der Waals surface area contributed by atoms with Gasteiger partial charge in [-0.05, 0) is 12.1 Å². The van der Waals surface area contributed by atoms with Crippen LogP contribution in [-0.2, 0) is 0 Å². The molecule has 2 aromatic rings. The molecule has 0 aliphatic rings. The summed E-state index contributed by atoms with van der Waals surface area (Å²) < 4.78 is 38.9. The van der Waals surface area contributed by atoms with Crippen molar-refractivity contribution in [2.75, 3.05) is 0 Å². The molecular weight excluding hydrogens is 215 g/mol. The second kappa shape index (κ2) is 3.13. The summed E-state index contributed by atoms with van der Waals surface area (Å²) >= 11 is 5.47. The number of pyridine rings is 1. The number of nitrogens with zero attached hydrogens (tertiary/aromatic N) is 1. The molecule has 0 saturated carbocycles. The van der Waals surface area contributed by atoms with Crippen molar-refractivity contribution >= 4 is 22.5 Å². The number of hydrogen-bond acceptors (Lipinski definition) is 1. The van der Waals surface area contributed by atoms with E-state index in [1.807, 2.05) is 0 Å². The van der Waals surface area contributed by atoms with E-state index in [2.05, 4.69) is 4.98 Å². The molecule has 0 amide bonds. The first-order chi connectivity index (χ1) is 6.59. The highest BCUT2D eigenvalue weighted by Gasteiger charge is 2.13. The van der Waals surface area contributed by atoms with E-state index in [1.165, 1.54) is 12.1 Å². The van der Waals surface area contributed by atoms with Crippen LogP contribution in [0, 0.1) is 17.5 Å². The van der Waals surface area contributed by atoms with E-state index in [0.717, 1.165) is 0 Å². The summed E-state index contributed by atoms with van der Waals surface area (Å²) in [6, 6.07) is 3.04. The van der Waals surface area contributed by atoms with Crippen molar-refractivity contribution in [1.29, 1.82) is 0 Å². The van der Waals surface area contributed by atoms with Crippen LogP contribution in [0.1, 0.15) is 0 Å². The lowest BCUT2D eigenvalue weighted by Gasteiger charge is -2.01. The molecule has 0 aliphatic heterocycles. The van der Waals surface area contributed by atoms with Gasteiger partial charge in [0, 0.05) is 11.5 Å². The van der Waals surface area contributed by atoms with Gasteiger partial charge in [-0.1, -0.05) is 11.6 Å². The van der Waals surface area contributed by atoms with Gasteiger partial charge in [0.05, 0.1) is 0 Å². The van der Waals surface area contributed by atoms with Crippen LogP contribution in [0.3, 0.4) is 0 Å². The molecule has 0 saturated heterocycles. The summed E-state index contributed by atoms with van der Waals surface area (Å²) in [4.78, 5) is 3.51. The van der Waals surface area contributed by atoms with E-state index in [9.17, 15) is 13.2 Å². The highest BCUT2D eigenvalue weighted by atomic mass is 35.5. The third-order valence-electron chi connectivity index (χ3n) is 1.79. The molecule has 0 bridgehead atoms. The molecule has 0 fully saturated rings. The molecule has 0 unspecified atom stereocenters. The number of aromatic nitrogens is 1. The number of benzene rings is 1. The van der Waals surface area contributed by atoms with Gasteiger partial charge in [0.1, 0.15) is 16.5 Å². The molecule has 2 rings (SSSR count).